The molecule has 37 heavy (non-hydrogen) atoms. The number of amides is 1. The molecule has 0 aliphatic carbocycles. The molecule has 0 bridgehead atoms. The van der Waals surface area contributed by atoms with E-state index in [4.69, 9.17) is 0 Å². The Bertz CT molecular complexity index is 1470. The summed E-state index contributed by atoms with van der Waals surface area (Å²) in [5.41, 5.74) is 1.38. The van der Waals surface area contributed by atoms with Crippen molar-refractivity contribution < 1.29 is 26.7 Å². The Kier molecular flexibility index (Phi) is 6.20. The van der Waals surface area contributed by atoms with E-state index >= 15 is 0 Å². The molecule has 186 valence electrons. The molecule has 0 spiro atoms. The molecule has 5 rings (SSSR count). The molecular formula is C28H18F5N3O. The number of halogens is 5. The van der Waals surface area contributed by atoms with Gasteiger partial charge in [-0.1, -0.05) is 48.5 Å². The summed E-state index contributed by atoms with van der Waals surface area (Å²) in [7, 11) is 0. The second kappa shape index (κ2) is 9.50. The van der Waals surface area contributed by atoms with Crippen LogP contribution in [0.5, 0.6) is 0 Å². The molecule has 2 aliphatic rings. The number of nitrogens with zero attached hydrogens (tertiary/aromatic N) is 2. The minimum absolute atomic E-state index is 0.104. The van der Waals surface area contributed by atoms with Gasteiger partial charge in [-0.2, -0.15) is 18.3 Å². The van der Waals surface area contributed by atoms with E-state index in [-0.39, 0.29) is 11.3 Å². The predicted octanol–water partition coefficient (Wildman–Crippen LogP) is 6.14. The number of hydrogen-bond acceptors (Lipinski definition) is 3. The standard InChI is InChI=1S/C28H18F5N3O/c29-21-11-12-22(23(30)15-21)19-8-13-24(17-4-2-1-3-5-17)35-36-26(14-19)34-25(16-27(36)37)18-6-9-20(10-7-18)28(31,32)33/h1-16,26,34H/b13-8+,19-14+,35-24+. The van der Waals surface area contributed by atoms with Gasteiger partial charge in [0.25, 0.3) is 5.91 Å². The summed E-state index contributed by atoms with van der Waals surface area (Å²) < 4.78 is 67.3. The molecule has 3 aromatic rings. The number of rotatable bonds is 3. The van der Waals surface area contributed by atoms with E-state index in [1.807, 2.05) is 6.07 Å². The van der Waals surface area contributed by atoms with Crippen LogP contribution in [0.25, 0.3) is 11.3 Å². The maximum atomic E-state index is 14.7. The molecule has 1 amide bonds. The average molecular weight is 507 g/mol. The van der Waals surface area contributed by atoms with Crippen LogP contribution >= 0.6 is 0 Å². The molecule has 1 unspecified atom stereocenters. The Morgan fingerprint density at radius 3 is 2.27 bits per heavy atom. The van der Waals surface area contributed by atoms with Gasteiger partial charge in [-0.05, 0) is 47.6 Å². The van der Waals surface area contributed by atoms with Gasteiger partial charge in [0.2, 0.25) is 0 Å². The maximum absolute atomic E-state index is 14.7. The predicted molar refractivity (Wildman–Crippen MR) is 130 cm³/mol. The lowest BCUT2D eigenvalue weighted by Gasteiger charge is -2.33. The molecule has 2 aliphatic heterocycles. The van der Waals surface area contributed by atoms with E-state index in [1.54, 1.807) is 42.5 Å². The molecule has 9 heteroatoms. The summed E-state index contributed by atoms with van der Waals surface area (Å²) in [5, 5.41) is 8.78. The molecule has 0 radical (unpaired) electrons. The maximum Gasteiger partial charge on any atom is 0.416 e. The Morgan fingerprint density at radius 1 is 0.865 bits per heavy atom. The Hall–Kier alpha value is -4.53. The van der Waals surface area contributed by atoms with Crippen molar-refractivity contribution in [2.45, 2.75) is 12.3 Å². The Morgan fingerprint density at radius 2 is 1.59 bits per heavy atom. The third-order valence-corrected chi connectivity index (χ3v) is 5.87. The summed E-state index contributed by atoms with van der Waals surface area (Å²) in [5.74, 6) is -2.05. The van der Waals surface area contributed by atoms with Crippen LogP contribution in [-0.2, 0) is 11.0 Å². The van der Waals surface area contributed by atoms with Gasteiger partial charge in [0.1, 0.15) is 17.8 Å². The van der Waals surface area contributed by atoms with Gasteiger partial charge in [-0.15, -0.1) is 0 Å². The topological polar surface area (TPSA) is 44.7 Å². The number of hydrogen-bond donors (Lipinski definition) is 1. The molecule has 1 atom stereocenters. The lowest BCUT2D eigenvalue weighted by atomic mass is 10.00. The normalized spacial score (nSPS) is 21.3. The average Bonchev–Trinajstić information content (AvgIpc) is 2.85. The first-order chi connectivity index (χ1) is 17.7. The third-order valence-electron chi connectivity index (χ3n) is 5.87. The number of benzene rings is 3. The van der Waals surface area contributed by atoms with Gasteiger partial charge in [-0.25, -0.2) is 13.8 Å². The number of fused-ring (bicyclic) bond motifs is 1. The number of carbonyl (C=O) groups is 1. The van der Waals surface area contributed by atoms with Gasteiger partial charge in [0, 0.05) is 29.0 Å². The summed E-state index contributed by atoms with van der Waals surface area (Å²) in [6, 6.07) is 16.6. The number of carbonyl (C=O) groups excluding carboxylic acids is 1. The van der Waals surface area contributed by atoms with Crippen LogP contribution in [0.1, 0.15) is 22.3 Å². The highest BCUT2D eigenvalue weighted by molar-refractivity contribution is 6.11. The number of allylic oxidation sites excluding steroid dienone is 3. The first-order valence-electron chi connectivity index (χ1n) is 11.2. The second-order valence-corrected chi connectivity index (χ2v) is 8.34. The fourth-order valence-electron chi connectivity index (χ4n) is 4.03. The van der Waals surface area contributed by atoms with Crippen LogP contribution in [0, 0.1) is 11.6 Å². The number of nitrogens with one attached hydrogen (secondary N) is 1. The first-order valence-corrected chi connectivity index (χ1v) is 11.2. The van der Waals surface area contributed by atoms with Crippen molar-refractivity contribution in [1.29, 1.82) is 0 Å². The third kappa shape index (κ3) is 5.06. The number of hydrazone groups is 1. The van der Waals surface area contributed by atoms with Crippen molar-refractivity contribution in [1.82, 2.24) is 10.3 Å². The zero-order chi connectivity index (χ0) is 26.2. The Balaban J connectivity index is 1.60. The van der Waals surface area contributed by atoms with Crippen molar-refractivity contribution >= 4 is 22.9 Å². The highest BCUT2D eigenvalue weighted by atomic mass is 19.4. The van der Waals surface area contributed by atoms with Crippen LogP contribution in [0.4, 0.5) is 22.0 Å². The summed E-state index contributed by atoms with van der Waals surface area (Å²) in [6.07, 6.45) is 0.614. The highest BCUT2D eigenvalue weighted by Crippen LogP contribution is 2.31. The molecule has 1 N–H and O–H groups in total. The van der Waals surface area contributed by atoms with Crippen LogP contribution in [0.3, 0.4) is 0 Å². The molecule has 0 fully saturated rings. The van der Waals surface area contributed by atoms with Crippen LogP contribution in [0.15, 0.2) is 102 Å². The largest absolute Gasteiger partial charge is 0.416 e. The first kappa shape index (κ1) is 24.2. The van der Waals surface area contributed by atoms with Crippen LogP contribution < -0.4 is 5.32 Å². The van der Waals surface area contributed by atoms with Crippen LogP contribution in [-0.4, -0.2) is 22.8 Å². The van der Waals surface area contributed by atoms with E-state index in [1.165, 1.54) is 29.3 Å². The SMILES string of the molecule is O=C1C=C(c2ccc(C(F)(F)F)cc2)NC2\C=C(c3ccc(F)cc3F)/C=C/C(c3ccccc3)=N\N12. The van der Waals surface area contributed by atoms with Gasteiger partial charge in [0.15, 0.2) is 0 Å². The van der Waals surface area contributed by atoms with Crippen molar-refractivity contribution in [3.05, 3.63) is 131 Å². The van der Waals surface area contributed by atoms with Gasteiger partial charge >= 0.3 is 6.18 Å². The Labute approximate surface area is 208 Å². The van der Waals surface area contributed by atoms with E-state index in [2.05, 4.69) is 10.4 Å². The molecule has 0 saturated heterocycles. The van der Waals surface area contributed by atoms with Gasteiger partial charge in [0.05, 0.1) is 11.3 Å². The summed E-state index contributed by atoms with van der Waals surface area (Å²) >= 11 is 0. The minimum atomic E-state index is -4.50. The smallest absolute Gasteiger partial charge is 0.360 e. The lowest BCUT2D eigenvalue weighted by Crippen LogP contribution is -2.48. The second-order valence-electron chi connectivity index (χ2n) is 8.34. The van der Waals surface area contributed by atoms with E-state index < -0.39 is 35.4 Å². The zero-order valence-electron chi connectivity index (χ0n) is 19.0. The fourth-order valence-corrected chi connectivity index (χ4v) is 4.03. The van der Waals surface area contributed by atoms with Crippen molar-refractivity contribution in [2.75, 3.05) is 0 Å². The monoisotopic (exact) mass is 507 g/mol. The van der Waals surface area contributed by atoms with Crippen molar-refractivity contribution in [3.63, 3.8) is 0 Å². The minimum Gasteiger partial charge on any atom is -0.360 e. The molecule has 0 aromatic heterocycles. The fraction of sp³-hybridized carbons (Fsp3) is 0.0714. The number of alkyl halides is 3. The molecule has 2 heterocycles. The van der Waals surface area contributed by atoms with E-state index in [9.17, 15) is 26.7 Å². The van der Waals surface area contributed by atoms with Gasteiger partial charge in [-0.3, -0.25) is 4.79 Å². The van der Waals surface area contributed by atoms with Crippen molar-refractivity contribution in [2.24, 2.45) is 5.10 Å². The summed E-state index contributed by atoms with van der Waals surface area (Å²) in [6.45, 7) is 0. The van der Waals surface area contributed by atoms with Gasteiger partial charge < -0.3 is 5.32 Å². The molecule has 3 aromatic carbocycles. The van der Waals surface area contributed by atoms with Crippen molar-refractivity contribution in [3.8, 4) is 0 Å². The van der Waals surface area contributed by atoms with E-state index in [0.29, 0.717) is 22.4 Å². The molecule has 4 nitrogen and oxygen atoms in total. The van der Waals surface area contributed by atoms with Crippen LogP contribution in [0.2, 0.25) is 0 Å². The lowest BCUT2D eigenvalue weighted by molar-refractivity contribution is -0.137. The molecular weight excluding hydrogens is 489 g/mol. The highest BCUT2D eigenvalue weighted by Gasteiger charge is 2.32. The zero-order valence-corrected chi connectivity index (χ0v) is 19.0. The quantitative estimate of drug-likeness (QED) is 0.433. The summed E-state index contributed by atoms with van der Waals surface area (Å²) in [4.78, 5) is 13.2. The molecule has 0 saturated carbocycles. The van der Waals surface area contributed by atoms with E-state index in [0.717, 1.165) is 24.3 Å².